The third-order valence-electron chi connectivity index (χ3n) is 2.76. The van der Waals surface area contributed by atoms with E-state index in [1.54, 1.807) is 32.0 Å². The maximum Gasteiger partial charge on any atom is 0.340 e. The predicted octanol–water partition coefficient (Wildman–Crippen LogP) is 0.800. The fourth-order valence-corrected chi connectivity index (χ4v) is 2.48. The van der Waals surface area contributed by atoms with Gasteiger partial charge in [0.2, 0.25) is 0 Å². The molecule has 0 saturated heterocycles. The predicted molar refractivity (Wildman–Crippen MR) is 80.5 cm³/mol. The van der Waals surface area contributed by atoms with Gasteiger partial charge in [-0.3, -0.25) is 14.3 Å². The number of ether oxygens (including phenoxy) is 1. The first kappa shape index (κ1) is 17.8. The average Bonchev–Trinajstić information content (AvgIpc) is 2.43. The number of benzene rings is 1. The third-order valence-corrected chi connectivity index (χ3v) is 3.74. The molecule has 3 amide bonds. The van der Waals surface area contributed by atoms with Gasteiger partial charge in [0.1, 0.15) is 0 Å². The maximum atomic E-state index is 12.2. The first-order valence-electron chi connectivity index (χ1n) is 6.47. The molecule has 1 rings (SSSR count). The van der Waals surface area contributed by atoms with Crippen LogP contribution in [0, 0.1) is 5.92 Å². The van der Waals surface area contributed by atoms with Crippen LogP contribution in [0.2, 0.25) is 0 Å². The summed E-state index contributed by atoms with van der Waals surface area (Å²) >= 11 is 0. The minimum Gasteiger partial charge on any atom is -0.448 e. The van der Waals surface area contributed by atoms with Crippen molar-refractivity contribution < 1.29 is 23.3 Å². The fourth-order valence-electron chi connectivity index (χ4n) is 1.75. The molecule has 0 heterocycles. The summed E-state index contributed by atoms with van der Waals surface area (Å²) < 4.78 is 16.8. The summed E-state index contributed by atoms with van der Waals surface area (Å²) in [4.78, 5) is 35.1. The van der Waals surface area contributed by atoms with Gasteiger partial charge in [0.15, 0.2) is 6.10 Å². The Balaban J connectivity index is 3.00. The van der Waals surface area contributed by atoms with Crippen LogP contribution in [0.3, 0.4) is 0 Å². The van der Waals surface area contributed by atoms with Gasteiger partial charge in [0, 0.05) is 6.26 Å². The molecule has 1 aromatic rings. The van der Waals surface area contributed by atoms with E-state index in [1.807, 2.05) is 5.32 Å². The van der Waals surface area contributed by atoms with Crippen molar-refractivity contribution >= 4 is 28.7 Å². The molecule has 0 saturated carbocycles. The number of nitrogens with two attached hydrogens (primary N) is 1. The van der Waals surface area contributed by atoms with Crippen LogP contribution < -0.4 is 11.1 Å². The molecule has 0 aliphatic rings. The highest BCUT2D eigenvalue weighted by Gasteiger charge is 2.28. The average molecular weight is 326 g/mol. The number of carbonyl (C=O) groups excluding carboxylic acids is 3. The Morgan fingerprint density at radius 3 is 2.32 bits per heavy atom. The first-order chi connectivity index (χ1) is 10.2. The van der Waals surface area contributed by atoms with Gasteiger partial charge < -0.3 is 10.5 Å². The minimum absolute atomic E-state index is 0.112. The molecule has 0 fully saturated rings. The molecule has 22 heavy (non-hydrogen) atoms. The molecule has 1 aromatic carbocycles. The summed E-state index contributed by atoms with van der Waals surface area (Å²) in [6.45, 7) is 3.31. The molecular weight excluding hydrogens is 308 g/mol. The molecule has 0 aliphatic carbocycles. The number of urea groups is 1. The lowest BCUT2D eigenvalue weighted by Crippen LogP contribution is -2.45. The van der Waals surface area contributed by atoms with Crippen LogP contribution in [0.15, 0.2) is 29.2 Å². The Morgan fingerprint density at radius 2 is 1.82 bits per heavy atom. The van der Waals surface area contributed by atoms with Crippen LogP contribution in [0.1, 0.15) is 24.2 Å². The van der Waals surface area contributed by atoms with E-state index in [1.165, 1.54) is 12.3 Å². The molecule has 0 spiro atoms. The number of hydrogen-bond donors (Lipinski definition) is 2. The lowest BCUT2D eigenvalue weighted by molar-refractivity contribution is -0.130. The summed E-state index contributed by atoms with van der Waals surface area (Å²) in [6, 6.07) is 5.22. The Morgan fingerprint density at radius 1 is 1.23 bits per heavy atom. The fraction of sp³-hybridized carbons (Fsp3) is 0.357. The number of imide groups is 1. The molecule has 3 N–H and O–H groups in total. The number of carbonyl (C=O) groups is 3. The lowest BCUT2D eigenvalue weighted by atomic mass is 10.1. The van der Waals surface area contributed by atoms with Gasteiger partial charge in [0.25, 0.3) is 5.91 Å². The highest BCUT2D eigenvalue weighted by atomic mass is 32.2. The summed E-state index contributed by atoms with van der Waals surface area (Å²) in [7, 11) is -1.38. The lowest BCUT2D eigenvalue weighted by Gasteiger charge is -2.20. The van der Waals surface area contributed by atoms with Gasteiger partial charge in [-0.25, -0.2) is 9.59 Å². The van der Waals surface area contributed by atoms with Crippen molar-refractivity contribution in [3.8, 4) is 0 Å². The highest BCUT2D eigenvalue weighted by molar-refractivity contribution is 7.84. The van der Waals surface area contributed by atoms with Gasteiger partial charge >= 0.3 is 12.0 Å². The van der Waals surface area contributed by atoms with E-state index in [0.29, 0.717) is 4.90 Å². The van der Waals surface area contributed by atoms with Crippen molar-refractivity contribution in [1.82, 2.24) is 5.32 Å². The van der Waals surface area contributed by atoms with Gasteiger partial charge in [0.05, 0.1) is 21.3 Å². The molecule has 0 unspecified atom stereocenters. The van der Waals surface area contributed by atoms with Crippen molar-refractivity contribution in [3.63, 3.8) is 0 Å². The summed E-state index contributed by atoms with van der Waals surface area (Å²) in [5.74, 6) is -1.96. The standard InChI is InChI=1S/C14H18N2O5S/c1-8(2)11(12(17)16-14(15)19)21-13(18)9-6-4-5-7-10(9)22(3)20/h4-8,11H,1-3H3,(H3,15,16,17,19)/t11-,22-/m1/s1. The SMILES string of the molecule is CC(C)[C@@H](OC(=O)c1ccccc1[S@@](C)=O)C(=O)NC(N)=O. The van der Waals surface area contributed by atoms with Crippen LogP contribution in [0.5, 0.6) is 0 Å². The molecule has 0 radical (unpaired) electrons. The Bertz CT molecular complexity index is 615. The summed E-state index contributed by atoms with van der Waals surface area (Å²) in [6.07, 6.45) is 0.254. The van der Waals surface area contributed by atoms with Gasteiger partial charge in [-0.05, 0) is 18.1 Å². The number of esters is 1. The van der Waals surface area contributed by atoms with Crippen LogP contribution >= 0.6 is 0 Å². The second-order valence-corrected chi connectivity index (χ2v) is 6.22. The molecular formula is C14H18N2O5S. The van der Waals surface area contributed by atoms with Crippen molar-refractivity contribution in [2.45, 2.75) is 24.8 Å². The van der Waals surface area contributed by atoms with E-state index in [2.05, 4.69) is 0 Å². The number of nitrogens with one attached hydrogen (secondary N) is 1. The quantitative estimate of drug-likeness (QED) is 0.777. The van der Waals surface area contributed by atoms with E-state index in [-0.39, 0.29) is 11.5 Å². The van der Waals surface area contributed by atoms with Crippen LogP contribution in [0.25, 0.3) is 0 Å². The topological polar surface area (TPSA) is 116 Å². The molecule has 2 atom stereocenters. The van der Waals surface area contributed by atoms with E-state index in [4.69, 9.17) is 10.5 Å². The molecule has 7 nitrogen and oxygen atoms in total. The second-order valence-electron chi connectivity index (χ2n) is 4.87. The van der Waals surface area contributed by atoms with Crippen LogP contribution in [-0.4, -0.2) is 34.5 Å². The zero-order valence-corrected chi connectivity index (χ0v) is 13.3. The Hall–Kier alpha value is -2.22. The summed E-state index contributed by atoms with van der Waals surface area (Å²) in [5, 5.41) is 1.88. The molecule has 0 aliphatic heterocycles. The van der Waals surface area contributed by atoms with E-state index in [0.717, 1.165) is 0 Å². The van der Waals surface area contributed by atoms with Crippen molar-refractivity contribution in [1.29, 1.82) is 0 Å². The van der Waals surface area contributed by atoms with Gasteiger partial charge in [-0.1, -0.05) is 26.0 Å². The smallest absolute Gasteiger partial charge is 0.340 e. The van der Waals surface area contributed by atoms with E-state index < -0.39 is 34.8 Å². The largest absolute Gasteiger partial charge is 0.448 e. The molecule has 0 bridgehead atoms. The van der Waals surface area contributed by atoms with Crippen molar-refractivity contribution in [2.24, 2.45) is 11.7 Å². The summed E-state index contributed by atoms with van der Waals surface area (Å²) in [5.41, 5.74) is 5.00. The number of primary amides is 1. The number of amides is 3. The number of hydrogen-bond acceptors (Lipinski definition) is 5. The van der Waals surface area contributed by atoms with E-state index >= 15 is 0 Å². The van der Waals surface area contributed by atoms with Crippen LogP contribution in [-0.2, 0) is 20.3 Å². The van der Waals surface area contributed by atoms with Crippen LogP contribution in [0.4, 0.5) is 4.79 Å². The van der Waals surface area contributed by atoms with Gasteiger partial charge in [-0.2, -0.15) is 0 Å². The van der Waals surface area contributed by atoms with E-state index in [9.17, 15) is 18.6 Å². The molecule has 120 valence electrons. The van der Waals surface area contributed by atoms with Crippen molar-refractivity contribution in [2.75, 3.05) is 6.26 Å². The zero-order chi connectivity index (χ0) is 16.9. The Kier molecular flexibility index (Phi) is 6.24. The zero-order valence-electron chi connectivity index (χ0n) is 12.5. The monoisotopic (exact) mass is 326 g/mol. The highest BCUT2D eigenvalue weighted by Crippen LogP contribution is 2.17. The number of rotatable bonds is 5. The normalized spacial score (nSPS) is 13.3. The van der Waals surface area contributed by atoms with Crippen molar-refractivity contribution in [3.05, 3.63) is 29.8 Å². The van der Waals surface area contributed by atoms with Gasteiger partial charge in [-0.15, -0.1) is 0 Å². The second kappa shape index (κ2) is 7.69. The molecule has 0 aromatic heterocycles. The maximum absolute atomic E-state index is 12.2. The third kappa shape index (κ3) is 4.66. The first-order valence-corrected chi connectivity index (χ1v) is 8.03. The minimum atomic E-state index is -1.38. The Labute approximate surface area is 130 Å². The molecule has 8 heteroatoms.